The Balaban J connectivity index is 1.64. The van der Waals surface area contributed by atoms with Crippen LogP contribution < -0.4 is 0 Å². The average Bonchev–Trinajstić information content (AvgIpc) is 2.82. The fraction of sp³-hybridized carbons (Fsp3) is 0. The smallest absolute Gasteiger partial charge is 0.00988 e. The van der Waals surface area contributed by atoms with E-state index in [2.05, 4.69) is 121 Å². The highest BCUT2D eigenvalue weighted by molar-refractivity contribution is 6.00. The molecular weight excluding hydrogens is 360 g/mol. The van der Waals surface area contributed by atoms with E-state index >= 15 is 0 Å². The Morgan fingerprint density at radius 2 is 0.600 bits per heavy atom. The van der Waals surface area contributed by atoms with Crippen molar-refractivity contribution in [3.8, 4) is 22.3 Å². The zero-order valence-corrected chi connectivity index (χ0v) is 16.5. The molecule has 0 unspecified atom stereocenters. The van der Waals surface area contributed by atoms with Crippen LogP contribution in [-0.2, 0) is 0 Å². The van der Waals surface area contributed by atoms with Crippen molar-refractivity contribution in [3.63, 3.8) is 0 Å². The molecule has 6 aromatic rings. The van der Waals surface area contributed by atoms with Crippen molar-refractivity contribution in [3.05, 3.63) is 121 Å². The molecule has 6 aromatic carbocycles. The Kier molecular flexibility index (Phi) is 3.89. The van der Waals surface area contributed by atoms with Gasteiger partial charge in [0.25, 0.3) is 0 Å². The highest BCUT2D eigenvalue weighted by Gasteiger charge is 2.11. The van der Waals surface area contributed by atoms with Gasteiger partial charge in [-0.15, -0.1) is 0 Å². The first-order valence-electron chi connectivity index (χ1n) is 10.4. The van der Waals surface area contributed by atoms with Gasteiger partial charge in [-0.3, -0.25) is 0 Å². The Hall–Kier alpha value is -3.90. The summed E-state index contributed by atoms with van der Waals surface area (Å²) in [6, 6.07) is 44.0. The van der Waals surface area contributed by atoms with E-state index in [1.165, 1.54) is 54.6 Å². The topological polar surface area (TPSA) is 0 Å². The van der Waals surface area contributed by atoms with Crippen LogP contribution in [0.3, 0.4) is 0 Å². The maximum absolute atomic E-state index is 2.34. The van der Waals surface area contributed by atoms with Gasteiger partial charge >= 0.3 is 0 Å². The van der Waals surface area contributed by atoms with E-state index in [0.717, 1.165) is 0 Å². The van der Waals surface area contributed by atoms with Crippen LogP contribution in [0.4, 0.5) is 0 Å². The van der Waals surface area contributed by atoms with Gasteiger partial charge in [-0.2, -0.15) is 0 Å². The minimum Gasteiger partial charge on any atom is -0.0616 e. The van der Waals surface area contributed by atoms with Crippen molar-refractivity contribution in [2.75, 3.05) is 0 Å². The highest BCUT2D eigenvalue weighted by atomic mass is 14.1. The van der Waals surface area contributed by atoms with Gasteiger partial charge in [0.2, 0.25) is 0 Å². The number of rotatable bonds is 2. The summed E-state index contributed by atoms with van der Waals surface area (Å²) in [5.41, 5.74) is 5.05. The third kappa shape index (κ3) is 2.86. The molecule has 0 N–H and O–H groups in total. The van der Waals surface area contributed by atoms with Crippen LogP contribution in [0.15, 0.2) is 121 Å². The number of benzene rings is 6. The minimum absolute atomic E-state index is 1.25. The molecule has 140 valence electrons. The summed E-state index contributed by atoms with van der Waals surface area (Å²) in [6.45, 7) is 0. The van der Waals surface area contributed by atoms with Crippen LogP contribution in [0.2, 0.25) is 0 Å². The summed E-state index contributed by atoms with van der Waals surface area (Å²) in [7, 11) is 0. The molecule has 0 atom stereocenters. The summed E-state index contributed by atoms with van der Waals surface area (Å²) < 4.78 is 0. The quantitative estimate of drug-likeness (QED) is 0.282. The summed E-state index contributed by atoms with van der Waals surface area (Å²) in [4.78, 5) is 0. The predicted octanol–water partition coefficient (Wildman–Crippen LogP) is 8.48. The van der Waals surface area contributed by atoms with Gasteiger partial charge in [0.05, 0.1) is 0 Å². The summed E-state index contributed by atoms with van der Waals surface area (Å²) in [5.74, 6) is 0. The molecule has 0 bridgehead atoms. The van der Waals surface area contributed by atoms with Gasteiger partial charge < -0.3 is 0 Å². The lowest BCUT2D eigenvalue weighted by molar-refractivity contribution is 1.63. The van der Waals surface area contributed by atoms with Crippen LogP contribution in [0.25, 0.3) is 54.6 Å². The van der Waals surface area contributed by atoms with Crippen LogP contribution in [0.1, 0.15) is 0 Å². The van der Waals surface area contributed by atoms with Crippen molar-refractivity contribution in [2.24, 2.45) is 0 Å². The van der Waals surface area contributed by atoms with E-state index in [1.54, 1.807) is 0 Å². The summed E-state index contributed by atoms with van der Waals surface area (Å²) in [6.07, 6.45) is 0. The maximum Gasteiger partial charge on any atom is -0.00988 e. The Morgan fingerprint density at radius 1 is 0.267 bits per heavy atom. The number of hydrogen-bond acceptors (Lipinski definition) is 0. The first kappa shape index (κ1) is 17.0. The highest BCUT2D eigenvalue weighted by Crippen LogP contribution is 2.37. The van der Waals surface area contributed by atoms with Gasteiger partial charge in [0.1, 0.15) is 0 Å². The van der Waals surface area contributed by atoms with Crippen molar-refractivity contribution in [2.45, 2.75) is 0 Å². The normalized spacial score (nSPS) is 11.3. The third-order valence-corrected chi connectivity index (χ3v) is 6.01. The van der Waals surface area contributed by atoms with Crippen molar-refractivity contribution in [1.29, 1.82) is 0 Å². The van der Waals surface area contributed by atoms with Gasteiger partial charge in [0.15, 0.2) is 0 Å². The molecule has 0 aliphatic heterocycles. The lowest BCUT2D eigenvalue weighted by Crippen LogP contribution is -1.88. The molecule has 0 heteroatoms. The van der Waals surface area contributed by atoms with E-state index in [0.29, 0.717) is 0 Å². The lowest BCUT2D eigenvalue weighted by atomic mass is 9.90. The van der Waals surface area contributed by atoms with Gasteiger partial charge in [-0.05, 0) is 78.8 Å². The first-order valence-corrected chi connectivity index (χ1v) is 10.4. The molecule has 30 heavy (non-hydrogen) atoms. The molecule has 0 aliphatic rings. The second kappa shape index (κ2) is 6.86. The molecule has 0 spiro atoms. The number of fused-ring (bicyclic) bond motifs is 3. The van der Waals surface area contributed by atoms with Crippen molar-refractivity contribution >= 4 is 32.3 Å². The van der Waals surface area contributed by atoms with E-state index in [1.807, 2.05) is 0 Å². The van der Waals surface area contributed by atoms with Crippen molar-refractivity contribution < 1.29 is 0 Å². The molecule has 0 radical (unpaired) electrons. The van der Waals surface area contributed by atoms with E-state index < -0.39 is 0 Å². The molecule has 0 nitrogen and oxygen atoms in total. The predicted molar refractivity (Wildman–Crippen MR) is 130 cm³/mol. The Morgan fingerprint density at radius 3 is 1.00 bits per heavy atom. The van der Waals surface area contributed by atoms with E-state index in [4.69, 9.17) is 0 Å². The molecule has 0 saturated heterocycles. The molecule has 0 saturated carbocycles. The standard InChI is InChI=1S/C30H20/c1-3-9-23-17-27(15-13-21(23)7-1)29-19-25-11-5-6-12-26(25)20-30(29)28-16-14-22-8-2-4-10-24(22)18-28/h1-20H. The van der Waals surface area contributed by atoms with E-state index in [-0.39, 0.29) is 0 Å². The minimum atomic E-state index is 1.25. The second-order valence-corrected chi connectivity index (χ2v) is 7.87. The molecule has 6 rings (SSSR count). The fourth-order valence-electron chi connectivity index (χ4n) is 4.43. The molecule has 0 fully saturated rings. The first-order chi connectivity index (χ1) is 14.8. The zero-order chi connectivity index (χ0) is 19.9. The van der Waals surface area contributed by atoms with Crippen LogP contribution in [0, 0.1) is 0 Å². The molecular formula is C30H20. The molecule has 0 heterocycles. The zero-order valence-electron chi connectivity index (χ0n) is 16.5. The fourth-order valence-corrected chi connectivity index (χ4v) is 4.43. The SMILES string of the molecule is c1ccc2cc(-c3cc4ccccc4cc3-c3ccc4ccccc4c3)ccc2c1. The van der Waals surface area contributed by atoms with E-state index in [9.17, 15) is 0 Å². The van der Waals surface area contributed by atoms with Gasteiger partial charge in [-0.1, -0.05) is 97.1 Å². The Labute approximate surface area is 176 Å². The monoisotopic (exact) mass is 380 g/mol. The molecule has 0 aromatic heterocycles. The van der Waals surface area contributed by atoms with Crippen molar-refractivity contribution in [1.82, 2.24) is 0 Å². The summed E-state index contributed by atoms with van der Waals surface area (Å²) in [5, 5.41) is 7.62. The second-order valence-electron chi connectivity index (χ2n) is 7.87. The maximum atomic E-state index is 2.34. The van der Waals surface area contributed by atoms with Crippen LogP contribution >= 0.6 is 0 Å². The largest absolute Gasteiger partial charge is 0.0616 e. The molecule has 0 aliphatic carbocycles. The summed E-state index contributed by atoms with van der Waals surface area (Å²) >= 11 is 0. The Bertz CT molecular complexity index is 1420. The average molecular weight is 380 g/mol. The molecule has 0 amide bonds. The van der Waals surface area contributed by atoms with Crippen LogP contribution in [0.5, 0.6) is 0 Å². The number of hydrogen-bond donors (Lipinski definition) is 0. The lowest BCUT2D eigenvalue weighted by Gasteiger charge is -2.14. The van der Waals surface area contributed by atoms with Gasteiger partial charge in [-0.25, -0.2) is 0 Å². The van der Waals surface area contributed by atoms with Crippen LogP contribution in [-0.4, -0.2) is 0 Å². The van der Waals surface area contributed by atoms with Gasteiger partial charge in [0, 0.05) is 0 Å². The third-order valence-electron chi connectivity index (χ3n) is 6.01.